The van der Waals surface area contributed by atoms with E-state index >= 15 is 0 Å². The minimum Gasteiger partial charge on any atom is -0.310 e. The standard InChI is InChI=1S/2C3H7.Al.HO2P/c2*1-3-2;;1-3-2/h2*1,3H2,2H3;;(H,1,2). The van der Waals surface area contributed by atoms with Gasteiger partial charge in [-0.2, -0.15) is 0 Å². The van der Waals surface area contributed by atoms with Crippen LogP contribution in [0.3, 0.4) is 0 Å². The van der Waals surface area contributed by atoms with E-state index in [-0.39, 0.29) is 0 Å². The van der Waals surface area contributed by atoms with Gasteiger partial charge in [0.1, 0.15) is 0 Å². The van der Waals surface area contributed by atoms with E-state index in [1.807, 2.05) is 0 Å². The van der Waals surface area contributed by atoms with Crippen LogP contribution in [-0.2, 0) is 4.57 Å². The van der Waals surface area contributed by atoms with Crippen molar-refractivity contribution in [2.75, 3.05) is 0 Å². The van der Waals surface area contributed by atoms with Gasteiger partial charge in [0, 0.05) is 0 Å². The van der Waals surface area contributed by atoms with Gasteiger partial charge in [0.05, 0.1) is 0 Å². The van der Waals surface area contributed by atoms with Gasteiger partial charge in [0.2, 0.25) is 0 Å². The third-order valence-corrected chi connectivity index (χ3v) is 2.96. The van der Waals surface area contributed by atoms with Gasteiger partial charge >= 0.3 is 8.69 Å². The van der Waals surface area contributed by atoms with Crippen LogP contribution >= 0.6 is 8.69 Å². The molecule has 0 amide bonds. The summed E-state index contributed by atoms with van der Waals surface area (Å²) in [4.78, 5) is 6.99. The zero-order valence-electron chi connectivity index (χ0n) is 6.71. The van der Waals surface area contributed by atoms with Crippen molar-refractivity contribution in [1.29, 1.82) is 0 Å². The van der Waals surface area contributed by atoms with E-state index in [1.165, 1.54) is 23.4 Å². The molecule has 1 N–H and O–H groups in total. The smallest absolute Gasteiger partial charge is 0.310 e. The fraction of sp³-hybridized carbons (Fsp3) is 1.00. The first-order valence-corrected chi connectivity index (χ1v) is 6.01. The van der Waals surface area contributed by atoms with Crippen LogP contribution in [0.1, 0.15) is 26.7 Å². The molecule has 0 saturated carbocycles. The highest BCUT2D eigenvalue weighted by Crippen LogP contribution is 1.92. The van der Waals surface area contributed by atoms with Crippen molar-refractivity contribution in [2.45, 2.75) is 37.3 Å². The SMILES string of the molecule is CC[CH2][Al][CH2]CC.O=PO. The molecule has 59 valence electrons. The molecule has 0 fully saturated rings. The van der Waals surface area contributed by atoms with Gasteiger partial charge in [0.25, 0.3) is 0 Å². The fourth-order valence-electron chi connectivity index (χ4n) is 0.553. The topological polar surface area (TPSA) is 37.3 Å². The first-order valence-electron chi connectivity index (χ1n) is 3.61. The lowest BCUT2D eigenvalue weighted by Crippen LogP contribution is -1.84. The fourth-order valence-corrected chi connectivity index (χ4v) is 1.66. The minimum atomic E-state index is -0.833. The van der Waals surface area contributed by atoms with Crippen molar-refractivity contribution in [3.63, 3.8) is 0 Å². The Labute approximate surface area is 71.0 Å². The van der Waals surface area contributed by atoms with Crippen LogP contribution < -0.4 is 0 Å². The molecule has 0 aromatic rings. The monoisotopic (exact) mass is 177 g/mol. The molecule has 0 aliphatic rings. The molecule has 0 unspecified atom stereocenters. The van der Waals surface area contributed by atoms with Crippen molar-refractivity contribution >= 4 is 23.9 Å². The Morgan fingerprint density at radius 2 is 1.60 bits per heavy atom. The van der Waals surface area contributed by atoms with Crippen LogP contribution in [0.5, 0.6) is 0 Å². The van der Waals surface area contributed by atoms with Crippen LogP contribution in [0.25, 0.3) is 0 Å². The van der Waals surface area contributed by atoms with Gasteiger partial charge in [-0.25, -0.2) is 4.57 Å². The molecule has 0 bridgehead atoms. The molecule has 4 heteroatoms. The van der Waals surface area contributed by atoms with Crippen molar-refractivity contribution in [3.05, 3.63) is 0 Å². The minimum absolute atomic E-state index is 0.822. The molecule has 0 saturated heterocycles. The molecule has 10 heavy (non-hydrogen) atoms. The van der Waals surface area contributed by atoms with Crippen LogP contribution in [0.15, 0.2) is 0 Å². The summed E-state index contributed by atoms with van der Waals surface area (Å²) >= 11 is 0.822. The van der Waals surface area contributed by atoms with Crippen LogP contribution in [0.4, 0.5) is 0 Å². The average Bonchev–Trinajstić information content (AvgIpc) is 1.91. The third-order valence-electron chi connectivity index (χ3n) is 0.986. The van der Waals surface area contributed by atoms with E-state index in [2.05, 4.69) is 13.8 Å². The molecule has 0 aromatic carbocycles. The Morgan fingerprint density at radius 1 is 1.30 bits per heavy atom. The molecule has 0 aromatic heterocycles. The lowest BCUT2D eigenvalue weighted by molar-refractivity contribution is 0.524. The average molecular weight is 177 g/mol. The zero-order valence-corrected chi connectivity index (χ0v) is 8.76. The first kappa shape index (κ1) is 13.2. The molecule has 0 atom stereocenters. The third kappa shape index (κ3) is 23.5. The molecule has 0 heterocycles. The maximum absolute atomic E-state index is 8.46. The maximum atomic E-state index is 8.46. The largest absolute Gasteiger partial charge is 0.324 e. The highest BCUT2D eigenvalue weighted by Gasteiger charge is 1.84. The van der Waals surface area contributed by atoms with Crippen molar-refractivity contribution in [3.8, 4) is 0 Å². The van der Waals surface area contributed by atoms with E-state index in [0.29, 0.717) is 0 Å². The van der Waals surface area contributed by atoms with Gasteiger partial charge in [-0.05, 0) is 0 Å². The van der Waals surface area contributed by atoms with Gasteiger partial charge in [-0.1, -0.05) is 26.7 Å². The summed E-state index contributed by atoms with van der Waals surface area (Å²) in [5.41, 5.74) is 0. The lowest BCUT2D eigenvalue weighted by Gasteiger charge is -1.87. The molecule has 0 aliphatic carbocycles. The molecule has 0 aliphatic heterocycles. The van der Waals surface area contributed by atoms with E-state index in [9.17, 15) is 0 Å². The highest BCUT2D eigenvalue weighted by atomic mass is 31.1. The number of rotatable bonds is 4. The van der Waals surface area contributed by atoms with Gasteiger partial charge in [-0.3, -0.25) is 0 Å². The molecule has 0 rings (SSSR count). The Balaban J connectivity index is 0. The predicted molar refractivity (Wildman–Crippen MR) is 45.8 cm³/mol. The Kier molecular flexibility index (Phi) is 21.5. The first-order chi connectivity index (χ1) is 4.83. The van der Waals surface area contributed by atoms with E-state index in [1.54, 1.807) is 0 Å². The number of hydrogen-bond donors (Lipinski definition) is 1. The normalized spacial score (nSPS) is 8.30. The van der Waals surface area contributed by atoms with E-state index < -0.39 is 8.69 Å². The summed E-state index contributed by atoms with van der Waals surface area (Å²) < 4.78 is 8.46. The number of hydrogen-bond acceptors (Lipinski definition) is 1. The van der Waals surface area contributed by atoms with Crippen molar-refractivity contribution in [2.24, 2.45) is 0 Å². The second-order valence-corrected chi connectivity index (χ2v) is 3.84. The summed E-state index contributed by atoms with van der Waals surface area (Å²) in [6.07, 6.45) is 2.80. The summed E-state index contributed by atoms with van der Waals surface area (Å²) in [6, 6.07) is 0. The summed E-state index contributed by atoms with van der Waals surface area (Å²) in [7, 11) is -0.833. The highest BCUT2D eigenvalue weighted by molar-refractivity contribution is 7.16. The predicted octanol–water partition coefficient (Wildman–Crippen LogP) is 2.53. The quantitative estimate of drug-likeness (QED) is 0.407. The van der Waals surface area contributed by atoms with Gasteiger partial charge in [-0.15, -0.1) is 10.6 Å². The molecular weight excluding hydrogens is 162 g/mol. The van der Waals surface area contributed by atoms with E-state index in [4.69, 9.17) is 9.46 Å². The maximum Gasteiger partial charge on any atom is 0.324 e. The van der Waals surface area contributed by atoms with E-state index in [0.717, 1.165) is 15.2 Å². The molecule has 2 nitrogen and oxygen atoms in total. The van der Waals surface area contributed by atoms with Crippen LogP contribution in [0.2, 0.25) is 10.6 Å². The van der Waals surface area contributed by atoms with Gasteiger partial charge < -0.3 is 4.89 Å². The Morgan fingerprint density at radius 3 is 1.80 bits per heavy atom. The Bertz CT molecular complexity index is 57.7. The lowest BCUT2D eigenvalue weighted by atomic mass is 10.6. The van der Waals surface area contributed by atoms with Crippen LogP contribution in [-0.4, -0.2) is 20.1 Å². The second kappa shape index (κ2) is 16.3. The molecule has 0 spiro atoms. The summed E-state index contributed by atoms with van der Waals surface area (Å²) in [5, 5.41) is 3.02. The second-order valence-electron chi connectivity index (χ2n) is 1.95. The van der Waals surface area contributed by atoms with Crippen molar-refractivity contribution in [1.82, 2.24) is 0 Å². The molecule has 1 radical (unpaired) electrons. The van der Waals surface area contributed by atoms with Crippen molar-refractivity contribution < 1.29 is 9.46 Å². The Hall–Kier alpha value is 0.592. The van der Waals surface area contributed by atoms with Gasteiger partial charge in [0.15, 0.2) is 15.2 Å². The molecular formula is C6H15AlO2P. The summed E-state index contributed by atoms with van der Waals surface area (Å²) in [6.45, 7) is 4.53. The zero-order chi connectivity index (χ0) is 8.24. The summed E-state index contributed by atoms with van der Waals surface area (Å²) in [5.74, 6) is 0. The van der Waals surface area contributed by atoms with Crippen LogP contribution in [0, 0.1) is 0 Å².